The highest BCUT2D eigenvalue weighted by Gasteiger charge is 2.33. The number of aryl methyl sites for hydroxylation is 1. The average Bonchev–Trinajstić information content (AvgIpc) is 3.15. The fourth-order valence-electron chi connectivity index (χ4n) is 3.20. The van der Waals surface area contributed by atoms with Crippen molar-refractivity contribution in [3.63, 3.8) is 0 Å². The van der Waals surface area contributed by atoms with Crippen LogP contribution in [0.4, 0.5) is 13.2 Å². The van der Waals surface area contributed by atoms with Crippen molar-refractivity contribution in [2.75, 3.05) is 0 Å². The van der Waals surface area contributed by atoms with E-state index in [2.05, 4.69) is 4.98 Å². The molecule has 6 heteroatoms. The number of aliphatic hydroxyl groups is 1. The number of halogens is 3. The lowest BCUT2D eigenvalue weighted by molar-refractivity contribution is -0.137. The number of hydrogen-bond donors (Lipinski definition) is 1. The first-order valence-electron chi connectivity index (χ1n) is 8.77. The van der Waals surface area contributed by atoms with E-state index in [1.54, 1.807) is 23.3 Å². The SMILES string of the molecule is OC(CCCc1ccccc1)(Cn1ccnc1)c1ccc(C(F)(F)F)cc1. The van der Waals surface area contributed by atoms with Crippen molar-refractivity contribution in [3.05, 3.63) is 90.0 Å². The summed E-state index contributed by atoms with van der Waals surface area (Å²) in [6.45, 7) is 0.229. The van der Waals surface area contributed by atoms with Crippen molar-refractivity contribution in [1.82, 2.24) is 9.55 Å². The van der Waals surface area contributed by atoms with Crippen molar-refractivity contribution in [1.29, 1.82) is 0 Å². The number of aromatic nitrogens is 2. The van der Waals surface area contributed by atoms with Crippen LogP contribution in [0.15, 0.2) is 73.3 Å². The van der Waals surface area contributed by atoms with Crippen LogP contribution in [0.3, 0.4) is 0 Å². The molecule has 27 heavy (non-hydrogen) atoms. The summed E-state index contributed by atoms with van der Waals surface area (Å²) < 4.78 is 40.2. The zero-order valence-corrected chi connectivity index (χ0v) is 14.7. The topological polar surface area (TPSA) is 38.0 Å². The molecule has 0 aliphatic heterocycles. The first kappa shape index (κ1) is 19.2. The van der Waals surface area contributed by atoms with Crippen molar-refractivity contribution in [2.24, 2.45) is 0 Å². The Labute approximate surface area is 156 Å². The molecule has 0 amide bonds. The first-order chi connectivity index (χ1) is 12.9. The van der Waals surface area contributed by atoms with Crippen LogP contribution < -0.4 is 0 Å². The normalized spacial score (nSPS) is 14.1. The van der Waals surface area contributed by atoms with Crippen molar-refractivity contribution >= 4 is 0 Å². The summed E-state index contributed by atoms with van der Waals surface area (Å²) in [5, 5.41) is 11.3. The second kappa shape index (κ2) is 7.96. The van der Waals surface area contributed by atoms with E-state index < -0.39 is 17.3 Å². The van der Waals surface area contributed by atoms with Gasteiger partial charge in [0.2, 0.25) is 0 Å². The molecular formula is C21H21F3N2O. The van der Waals surface area contributed by atoms with Crippen LogP contribution in [0, 0.1) is 0 Å². The van der Waals surface area contributed by atoms with Gasteiger partial charge in [0, 0.05) is 12.4 Å². The molecule has 1 aromatic heterocycles. The number of alkyl halides is 3. The van der Waals surface area contributed by atoms with Crippen LogP contribution >= 0.6 is 0 Å². The van der Waals surface area contributed by atoms with Crippen LogP contribution in [0.5, 0.6) is 0 Å². The van der Waals surface area contributed by atoms with Crippen LogP contribution in [0.2, 0.25) is 0 Å². The minimum atomic E-state index is -4.39. The third kappa shape index (κ3) is 4.98. The van der Waals surface area contributed by atoms with Gasteiger partial charge < -0.3 is 9.67 Å². The summed E-state index contributed by atoms with van der Waals surface area (Å²) in [5.41, 5.74) is -0.368. The first-order valence-corrected chi connectivity index (χ1v) is 8.77. The fraction of sp³-hybridized carbons (Fsp3) is 0.286. The van der Waals surface area contributed by atoms with Crippen LogP contribution in [-0.4, -0.2) is 14.7 Å². The molecule has 0 saturated heterocycles. The Morgan fingerprint density at radius 2 is 1.59 bits per heavy atom. The molecule has 3 nitrogen and oxygen atoms in total. The molecule has 0 fully saturated rings. The lowest BCUT2D eigenvalue weighted by Gasteiger charge is -2.29. The highest BCUT2D eigenvalue weighted by atomic mass is 19.4. The Morgan fingerprint density at radius 1 is 0.926 bits per heavy atom. The van der Waals surface area contributed by atoms with Gasteiger partial charge in [-0.1, -0.05) is 42.5 Å². The second-order valence-corrected chi connectivity index (χ2v) is 6.68. The lowest BCUT2D eigenvalue weighted by Crippen LogP contribution is -2.31. The van der Waals surface area contributed by atoms with E-state index in [0.29, 0.717) is 18.4 Å². The largest absolute Gasteiger partial charge is 0.416 e. The van der Waals surface area contributed by atoms with Crippen molar-refractivity contribution in [3.8, 4) is 0 Å². The van der Waals surface area contributed by atoms with Gasteiger partial charge >= 0.3 is 6.18 Å². The summed E-state index contributed by atoms with van der Waals surface area (Å²) >= 11 is 0. The molecule has 142 valence electrons. The van der Waals surface area contributed by atoms with Gasteiger partial charge in [0.25, 0.3) is 0 Å². The van der Waals surface area contributed by atoms with Gasteiger partial charge in [0.1, 0.15) is 5.60 Å². The number of benzene rings is 2. The molecule has 0 bridgehead atoms. The van der Waals surface area contributed by atoms with E-state index in [1.807, 2.05) is 30.3 Å². The molecule has 0 saturated carbocycles. The maximum Gasteiger partial charge on any atom is 0.416 e. The zero-order valence-electron chi connectivity index (χ0n) is 14.7. The Balaban J connectivity index is 1.79. The number of nitrogens with zero attached hydrogens (tertiary/aromatic N) is 2. The summed E-state index contributed by atoms with van der Waals surface area (Å²) in [4.78, 5) is 3.98. The summed E-state index contributed by atoms with van der Waals surface area (Å²) in [6.07, 6.45) is 2.44. The standard InChI is InChI=1S/C21H21F3N2O/c22-21(23,24)19-10-8-18(9-11-19)20(27,15-26-14-13-25-16-26)12-4-7-17-5-2-1-3-6-17/h1-3,5-6,8-11,13-14,16,27H,4,7,12,15H2. The van der Waals surface area contributed by atoms with Gasteiger partial charge in [0.15, 0.2) is 0 Å². The molecule has 0 spiro atoms. The van der Waals surface area contributed by atoms with Gasteiger partial charge in [-0.15, -0.1) is 0 Å². The van der Waals surface area contributed by atoms with Crippen LogP contribution in [0.25, 0.3) is 0 Å². The molecular weight excluding hydrogens is 353 g/mol. The molecule has 3 aromatic rings. The van der Waals surface area contributed by atoms with E-state index >= 15 is 0 Å². The van der Waals surface area contributed by atoms with E-state index in [0.717, 1.165) is 24.1 Å². The van der Waals surface area contributed by atoms with E-state index in [1.165, 1.54) is 12.1 Å². The zero-order chi connectivity index (χ0) is 19.3. The Hall–Kier alpha value is -2.60. The lowest BCUT2D eigenvalue weighted by atomic mass is 9.87. The van der Waals surface area contributed by atoms with Crippen LogP contribution in [-0.2, 0) is 24.7 Å². The predicted octanol–water partition coefficient (Wildman–Crippen LogP) is 4.81. The van der Waals surface area contributed by atoms with Gasteiger partial charge in [-0.2, -0.15) is 13.2 Å². The molecule has 1 heterocycles. The molecule has 0 radical (unpaired) electrons. The third-order valence-corrected chi connectivity index (χ3v) is 4.65. The minimum Gasteiger partial charge on any atom is -0.383 e. The predicted molar refractivity (Wildman–Crippen MR) is 96.9 cm³/mol. The Bertz CT molecular complexity index is 830. The Morgan fingerprint density at radius 3 is 2.19 bits per heavy atom. The van der Waals surface area contributed by atoms with E-state index in [-0.39, 0.29) is 6.54 Å². The number of hydrogen-bond acceptors (Lipinski definition) is 2. The summed E-state index contributed by atoms with van der Waals surface area (Å²) in [6, 6.07) is 14.7. The molecule has 0 aliphatic rings. The molecule has 3 rings (SSSR count). The van der Waals surface area contributed by atoms with Crippen LogP contribution in [0.1, 0.15) is 29.5 Å². The quantitative estimate of drug-likeness (QED) is 0.644. The van der Waals surface area contributed by atoms with Gasteiger partial charge in [-0.25, -0.2) is 4.98 Å². The second-order valence-electron chi connectivity index (χ2n) is 6.68. The Kier molecular flexibility index (Phi) is 5.65. The summed E-state index contributed by atoms with van der Waals surface area (Å²) in [7, 11) is 0. The molecule has 0 aliphatic carbocycles. The van der Waals surface area contributed by atoms with Gasteiger partial charge in [-0.3, -0.25) is 0 Å². The molecule has 1 atom stereocenters. The van der Waals surface area contributed by atoms with E-state index in [9.17, 15) is 18.3 Å². The maximum atomic E-state index is 12.8. The highest BCUT2D eigenvalue weighted by molar-refractivity contribution is 5.29. The van der Waals surface area contributed by atoms with Crippen molar-refractivity contribution < 1.29 is 18.3 Å². The monoisotopic (exact) mass is 374 g/mol. The molecule has 2 aromatic carbocycles. The number of rotatable bonds is 7. The minimum absolute atomic E-state index is 0.229. The van der Waals surface area contributed by atoms with Gasteiger partial charge in [-0.05, 0) is 42.5 Å². The fourth-order valence-corrected chi connectivity index (χ4v) is 3.20. The summed E-state index contributed by atoms with van der Waals surface area (Å²) in [5.74, 6) is 0. The highest BCUT2D eigenvalue weighted by Crippen LogP contribution is 2.33. The van der Waals surface area contributed by atoms with Gasteiger partial charge in [0.05, 0.1) is 18.4 Å². The smallest absolute Gasteiger partial charge is 0.383 e. The average molecular weight is 374 g/mol. The molecule has 1 unspecified atom stereocenters. The van der Waals surface area contributed by atoms with Crippen molar-refractivity contribution in [2.45, 2.75) is 37.6 Å². The third-order valence-electron chi connectivity index (χ3n) is 4.65. The molecule has 1 N–H and O–H groups in total. The van der Waals surface area contributed by atoms with E-state index in [4.69, 9.17) is 0 Å². The maximum absolute atomic E-state index is 12.8. The number of imidazole rings is 1.